The molecule has 0 spiro atoms. The standard InChI is InChI=1S/C14H18N2OS/c1-9-3-2-4-11(7-9)18-14-16-12-6-5-10(15)8-13(12)17-14/h5-6,8-9,11H,2-4,7,15H2,1H3. The summed E-state index contributed by atoms with van der Waals surface area (Å²) in [6.45, 7) is 2.33. The summed E-state index contributed by atoms with van der Waals surface area (Å²) in [6, 6.07) is 5.62. The molecule has 1 saturated carbocycles. The van der Waals surface area contributed by atoms with E-state index in [4.69, 9.17) is 10.2 Å². The van der Waals surface area contributed by atoms with Crippen molar-refractivity contribution in [2.75, 3.05) is 5.73 Å². The van der Waals surface area contributed by atoms with Crippen LogP contribution in [-0.4, -0.2) is 10.2 Å². The zero-order valence-corrected chi connectivity index (χ0v) is 11.4. The first-order valence-electron chi connectivity index (χ1n) is 6.53. The highest BCUT2D eigenvalue weighted by Gasteiger charge is 2.21. The molecule has 2 N–H and O–H groups in total. The highest BCUT2D eigenvalue weighted by atomic mass is 32.2. The monoisotopic (exact) mass is 262 g/mol. The molecule has 1 aromatic carbocycles. The van der Waals surface area contributed by atoms with Crippen LogP contribution < -0.4 is 5.73 Å². The predicted octanol–water partition coefficient (Wildman–Crippen LogP) is 4.08. The molecule has 0 amide bonds. The van der Waals surface area contributed by atoms with E-state index in [2.05, 4.69) is 11.9 Å². The van der Waals surface area contributed by atoms with Crippen molar-refractivity contribution in [3.63, 3.8) is 0 Å². The number of thioether (sulfide) groups is 1. The molecular weight excluding hydrogens is 244 g/mol. The molecule has 4 heteroatoms. The van der Waals surface area contributed by atoms with E-state index in [0.29, 0.717) is 5.25 Å². The summed E-state index contributed by atoms with van der Waals surface area (Å²) >= 11 is 1.78. The molecular formula is C14H18N2OS. The van der Waals surface area contributed by atoms with Crippen LogP contribution in [0.15, 0.2) is 27.8 Å². The number of hydrogen-bond acceptors (Lipinski definition) is 4. The molecule has 1 heterocycles. The van der Waals surface area contributed by atoms with Gasteiger partial charge in [0.15, 0.2) is 5.58 Å². The van der Waals surface area contributed by atoms with Gasteiger partial charge >= 0.3 is 0 Å². The van der Waals surface area contributed by atoms with Crippen molar-refractivity contribution in [2.24, 2.45) is 5.92 Å². The number of hydrogen-bond donors (Lipinski definition) is 1. The highest BCUT2D eigenvalue weighted by molar-refractivity contribution is 7.99. The maximum Gasteiger partial charge on any atom is 0.257 e. The van der Waals surface area contributed by atoms with E-state index < -0.39 is 0 Å². The molecule has 18 heavy (non-hydrogen) atoms. The average molecular weight is 262 g/mol. The first-order chi connectivity index (χ1) is 8.70. The number of nitrogen functional groups attached to an aromatic ring is 1. The van der Waals surface area contributed by atoms with Crippen LogP contribution in [0.2, 0.25) is 0 Å². The Morgan fingerprint density at radius 3 is 3.11 bits per heavy atom. The molecule has 2 atom stereocenters. The second-order valence-electron chi connectivity index (χ2n) is 5.22. The minimum atomic E-state index is 0.652. The number of fused-ring (bicyclic) bond motifs is 1. The highest BCUT2D eigenvalue weighted by Crippen LogP contribution is 2.36. The van der Waals surface area contributed by atoms with Crippen molar-refractivity contribution in [1.29, 1.82) is 0 Å². The van der Waals surface area contributed by atoms with Crippen molar-refractivity contribution >= 4 is 28.5 Å². The largest absolute Gasteiger partial charge is 0.431 e. The Morgan fingerprint density at radius 1 is 1.39 bits per heavy atom. The van der Waals surface area contributed by atoms with Crippen LogP contribution in [0.25, 0.3) is 11.1 Å². The first kappa shape index (κ1) is 11.9. The van der Waals surface area contributed by atoms with Crippen LogP contribution >= 0.6 is 11.8 Å². The third-order valence-electron chi connectivity index (χ3n) is 3.55. The summed E-state index contributed by atoms with van der Waals surface area (Å²) in [5, 5.41) is 1.44. The van der Waals surface area contributed by atoms with Crippen molar-refractivity contribution in [3.8, 4) is 0 Å². The second-order valence-corrected chi connectivity index (χ2v) is 6.47. The van der Waals surface area contributed by atoms with E-state index in [0.717, 1.165) is 27.9 Å². The Balaban J connectivity index is 1.78. The smallest absolute Gasteiger partial charge is 0.257 e. The SMILES string of the molecule is CC1CCCC(Sc2nc3ccc(N)cc3o2)C1. The summed E-state index contributed by atoms with van der Waals surface area (Å²) < 4.78 is 5.76. The molecule has 0 bridgehead atoms. The Bertz CT molecular complexity index is 552. The van der Waals surface area contributed by atoms with E-state index in [1.165, 1.54) is 25.7 Å². The lowest BCUT2D eigenvalue weighted by Crippen LogP contribution is -2.14. The number of rotatable bonds is 2. The van der Waals surface area contributed by atoms with E-state index in [9.17, 15) is 0 Å². The van der Waals surface area contributed by atoms with Crippen molar-refractivity contribution in [2.45, 2.75) is 43.1 Å². The molecule has 1 aliphatic carbocycles. The van der Waals surface area contributed by atoms with Crippen LogP contribution in [-0.2, 0) is 0 Å². The van der Waals surface area contributed by atoms with Crippen LogP contribution in [0, 0.1) is 5.92 Å². The number of oxazole rings is 1. The van der Waals surface area contributed by atoms with Gasteiger partial charge in [0.25, 0.3) is 5.22 Å². The first-order valence-corrected chi connectivity index (χ1v) is 7.41. The Hall–Kier alpha value is -1.16. The lowest BCUT2D eigenvalue weighted by Gasteiger charge is -2.24. The molecule has 3 rings (SSSR count). The Morgan fingerprint density at radius 2 is 2.28 bits per heavy atom. The molecule has 0 saturated heterocycles. The van der Waals surface area contributed by atoms with Crippen molar-refractivity contribution in [1.82, 2.24) is 4.98 Å². The lowest BCUT2D eigenvalue weighted by molar-refractivity contribution is 0.391. The summed E-state index contributed by atoms with van der Waals surface area (Å²) in [6.07, 6.45) is 5.23. The summed E-state index contributed by atoms with van der Waals surface area (Å²) in [5.74, 6) is 0.830. The molecule has 2 unspecified atom stereocenters. The van der Waals surface area contributed by atoms with Crippen molar-refractivity contribution in [3.05, 3.63) is 18.2 Å². The van der Waals surface area contributed by atoms with Gasteiger partial charge in [-0.15, -0.1) is 0 Å². The van der Waals surface area contributed by atoms with Gasteiger partial charge in [0.05, 0.1) is 0 Å². The number of nitrogens with zero attached hydrogens (tertiary/aromatic N) is 1. The van der Waals surface area contributed by atoms with Crippen LogP contribution in [0.3, 0.4) is 0 Å². The van der Waals surface area contributed by atoms with Gasteiger partial charge in [-0.3, -0.25) is 0 Å². The van der Waals surface area contributed by atoms with Gasteiger partial charge in [0, 0.05) is 17.0 Å². The fraction of sp³-hybridized carbons (Fsp3) is 0.500. The lowest BCUT2D eigenvalue weighted by atomic mass is 9.91. The predicted molar refractivity (Wildman–Crippen MR) is 75.7 cm³/mol. The molecule has 1 aliphatic rings. The average Bonchev–Trinajstić information content (AvgIpc) is 2.70. The zero-order valence-electron chi connectivity index (χ0n) is 10.6. The van der Waals surface area contributed by atoms with Gasteiger partial charge < -0.3 is 10.2 Å². The van der Waals surface area contributed by atoms with Crippen LogP contribution in [0.1, 0.15) is 32.6 Å². The molecule has 2 aromatic rings. The molecule has 96 valence electrons. The number of benzene rings is 1. The van der Waals surface area contributed by atoms with Crippen LogP contribution in [0.5, 0.6) is 0 Å². The fourth-order valence-electron chi connectivity index (χ4n) is 2.60. The minimum Gasteiger partial charge on any atom is -0.431 e. The minimum absolute atomic E-state index is 0.652. The van der Waals surface area contributed by atoms with Gasteiger partial charge in [-0.1, -0.05) is 31.5 Å². The fourth-order valence-corrected chi connectivity index (χ4v) is 3.88. The normalized spacial score (nSPS) is 24.5. The van der Waals surface area contributed by atoms with E-state index in [1.807, 2.05) is 18.2 Å². The second kappa shape index (κ2) is 4.84. The maximum absolute atomic E-state index is 5.76. The van der Waals surface area contributed by atoms with E-state index in [-0.39, 0.29) is 0 Å². The number of anilines is 1. The molecule has 1 fully saturated rings. The number of nitrogens with two attached hydrogens (primary N) is 1. The third kappa shape index (κ3) is 2.48. The molecule has 1 aromatic heterocycles. The van der Waals surface area contributed by atoms with Gasteiger partial charge in [-0.05, 0) is 30.9 Å². The van der Waals surface area contributed by atoms with Gasteiger partial charge in [0.1, 0.15) is 5.52 Å². The Kier molecular flexibility index (Phi) is 3.20. The quantitative estimate of drug-likeness (QED) is 0.828. The molecule has 0 radical (unpaired) electrons. The topological polar surface area (TPSA) is 52.0 Å². The molecule has 0 aliphatic heterocycles. The Labute approximate surface area is 111 Å². The summed E-state index contributed by atoms with van der Waals surface area (Å²) in [4.78, 5) is 4.51. The zero-order chi connectivity index (χ0) is 12.5. The summed E-state index contributed by atoms with van der Waals surface area (Å²) in [7, 11) is 0. The van der Waals surface area contributed by atoms with Crippen LogP contribution in [0.4, 0.5) is 5.69 Å². The van der Waals surface area contributed by atoms with Gasteiger partial charge in [-0.2, -0.15) is 0 Å². The maximum atomic E-state index is 5.76. The van der Waals surface area contributed by atoms with Crippen molar-refractivity contribution < 1.29 is 4.42 Å². The van der Waals surface area contributed by atoms with E-state index in [1.54, 1.807) is 11.8 Å². The number of aromatic nitrogens is 1. The van der Waals surface area contributed by atoms with E-state index >= 15 is 0 Å². The van der Waals surface area contributed by atoms with Gasteiger partial charge in [-0.25, -0.2) is 4.98 Å². The summed E-state index contributed by atoms with van der Waals surface area (Å²) in [5.41, 5.74) is 8.16. The van der Waals surface area contributed by atoms with Gasteiger partial charge in [0.2, 0.25) is 0 Å². The molecule has 3 nitrogen and oxygen atoms in total. The third-order valence-corrected chi connectivity index (χ3v) is 4.69.